The van der Waals surface area contributed by atoms with E-state index in [1.54, 1.807) is 0 Å². The SMILES string of the molecule is [O]S(=O)(=O)c1cc[nH]n1. The van der Waals surface area contributed by atoms with Crippen molar-refractivity contribution in [2.45, 2.75) is 5.03 Å². The number of aromatic amines is 1. The van der Waals surface area contributed by atoms with Crippen molar-refractivity contribution in [1.82, 2.24) is 10.2 Å². The zero-order valence-corrected chi connectivity index (χ0v) is 5.05. The van der Waals surface area contributed by atoms with Crippen molar-refractivity contribution < 1.29 is 13.0 Å². The van der Waals surface area contributed by atoms with Gasteiger partial charge in [0.15, 0.2) is 0 Å². The standard InChI is InChI=1S/C3H3N2O3S/c6-9(7,8)3-1-2-4-5-3/h1-2H,(H,4,5). The molecule has 0 aliphatic rings. The van der Waals surface area contributed by atoms with Crippen LogP contribution in [0.5, 0.6) is 0 Å². The number of rotatable bonds is 1. The Morgan fingerprint density at radius 1 is 1.56 bits per heavy atom. The molecule has 0 saturated heterocycles. The van der Waals surface area contributed by atoms with Crippen LogP contribution in [0.15, 0.2) is 17.3 Å². The second kappa shape index (κ2) is 1.82. The van der Waals surface area contributed by atoms with E-state index < -0.39 is 15.1 Å². The van der Waals surface area contributed by atoms with Crippen LogP contribution in [0.4, 0.5) is 0 Å². The second-order valence-electron chi connectivity index (χ2n) is 1.37. The lowest BCUT2D eigenvalue weighted by atomic mass is 10.8. The Balaban J connectivity index is 3.20. The van der Waals surface area contributed by atoms with Crippen molar-refractivity contribution in [3.8, 4) is 0 Å². The molecule has 0 amide bonds. The fourth-order valence-corrected chi connectivity index (χ4v) is 0.785. The zero-order chi connectivity index (χ0) is 6.91. The Hall–Kier alpha value is -0.880. The number of nitrogens with zero attached hydrogens (tertiary/aromatic N) is 1. The van der Waals surface area contributed by atoms with E-state index in [-0.39, 0.29) is 0 Å². The third kappa shape index (κ3) is 1.27. The largest absolute Gasteiger partial charge is 0.343 e. The Morgan fingerprint density at radius 3 is 2.44 bits per heavy atom. The first-order valence-electron chi connectivity index (χ1n) is 2.06. The maximum Gasteiger partial charge on any atom is 0.343 e. The molecule has 1 heterocycles. The molecule has 0 atom stereocenters. The molecule has 5 nitrogen and oxygen atoms in total. The summed E-state index contributed by atoms with van der Waals surface area (Å²) in [5, 5.41) is 4.90. The third-order valence-electron chi connectivity index (χ3n) is 0.731. The molecule has 0 saturated carbocycles. The van der Waals surface area contributed by atoms with Gasteiger partial charge in [0.25, 0.3) is 0 Å². The molecule has 1 radical (unpaired) electrons. The van der Waals surface area contributed by atoms with Gasteiger partial charge in [-0.05, 0) is 6.07 Å². The summed E-state index contributed by atoms with van der Waals surface area (Å²) in [4.78, 5) is 0. The van der Waals surface area contributed by atoms with Crippen LogP contribution in [0.1, 0.15) is 0 Å². The minimum atomic E-state index is -4.35. The summed E-state index contributed by atoms with van der Waals surface area (Å²) in [5.41, 5.74) is 0. The monoisotopic (exact) mass is 147 g/mol. The number of hydrogen-bond donors (Lipinski definition) is 1. The first kappa shape index (κ1) is 6.24. The summed E-state index contributed by atoms with van der Waals surface area (Å²) in [6.45, 7) is 0. The molecule has 0 aromatic carbocycles. The summed E-state index contributed by atoms with van der Waals surface area (Å²) in [7, 11) is -4.35. The normalized spacial score (nSPS) is 11.7. The first-order valence-corrected chi connectivity index (χ1v) is 3.47. The predicted octanol–water partition coefficient (Wildman–Crippen LogP) is -0.471. The van der Waals surface area contributed by atoms with Gasteiger partial charge in [-0.1, -0.05) is 4.55 Å². The molecule has 1 aromatic rings. The van der Waals surface area contributed by atoms with E-state index in [1.807, 2.05) is 0 Å². The van der Waals surface area contributed by atoms with E-state index in [2.05, 4.69) is 10.2 Å². The molecule has 0 spiro atoms. The van der Waals surface area contributed by atoms with Gasteiger partial charge >= 0.3 is 10.1 Å². The molecule has 0 fully saturated rings. The van der Waals surface area contributed by atoms with Gasteiger partial charge < -0.3 is 0 Å². The quantitative estimate of drug-likeness (QED) is 0.582. The molecule has 0 unspecified atom stereocenters. The maximum atomic E-state index is 10.1. The highest BCUT2D eigenvalue weighted by Gasteiger charge is 2.12. The van der Waals surface area contributed by atoms with Gasteiger partial charge in [-0.3, -0.25) is 5.10 Å². The molecule has 0 bridgehead atoms. The average molecular weight is 147 g/mol. The Morgan fingerprint density at radius 2 is 2.22 bits per heavy atom. The van der Waals surface area contributed by atoms with Gasteiger partial charge in [-0.2, -0.15) is 13.5 Å². The summed E-state index contributed by atoms with van der Waals surface area (Å²) in [6, 6.07) is 1.10. The van der Waals surface area contributed by atoms with Crippen molar-refractivity contribution in [1.29, 1.82) is 0 Å². The van der Waals surface area contributed by atoms with Gasteiger partial charge in [0.2, 0.25) is 5.03 Å². The van der Waals surface area contributed by atoms with E-state index in [4.69, 9.17) is 0 Å². The van der Waals surface area contributed by atoms with Crippen LogP contribution in [0.2, 0.25) is 0 Å². The van der Waals surface area contributed by atoms with Crippen LogP contribution in [-0.2, 0) is 14.7 Å². The minimum Gasteiger partial charge on any atom is -0.284 e. The predicted molar refractivity (Wildman–Crippen MR) is 26.5 cm³/mol. The number of H-pyrrole nitrogens is 1. The molecule has 1 rings (SSSR count). The average Bonchev–Trinajstić information content (AvgIpc) is 2.08. The molecular formula is C3H3N2O3S. The Bertz CT molecular complexity index is 274. The fraction of sp³-hybridized carbons (Fsp3) is 0. The summed E-state index contributed by atoms with van der Waals surface area (Å²) in [5.74, 6) is 0. The molecule has 6 heteroatoms. The molecule has 1 N–H and O–H groups in total. The molecule has 9 heavy (non-hydrogen) atoms. The number of aromatic nitrogens is 2. The van der Waals surface area contributed by atoms with Crippen LogP contribution in [0, 0.1) is 0 Å². The Kier molecular flexibility index (Phi) is 1.26. The van der Waals surface area contributed by atoms with Crippen LogP contribution >= 0.6 is 0 Å². The van der Waals surface area contributed by atoms with Crippen LogP contribution < -0.4 is 0 Å². The van der Waals surface area contributed by atoms with Crippen LogP contribution in [0.25, 0.3) is 0 Å². The second-order valence-corrected chi connectivity index (χ2v) is 2.69. The highest BCUT2D eigenvalue weighted by Crippen LogP contribution is 2.00. The first-order chi connectivity index (χ1) is 4.11. The fourth-order valence-electron chi connectivity index (χ4n) is 0.386. The minimum absolute atomic E-state index is 0.470. The van der Waals surface area contributed by atoms with Gasteiger partial charge in [0.05, 0.1) is 0 Å². The van der Waals surface area contributed by atoms with Crippen molar-refractivity contribution in [2.24, 2.45) is 0 Å². The van der Waals surface area contributed by atoms with Crippen LogP contribution in [-0.4, -0.2) is 18.6 Å². The molecule has 0 aliphatic carbocycles. The van der Waals surface area contributed by atoms with E-state index in [1.165, 1.54) is 6.20 Å². The summed E-state index contributed by atoms with van der Waals surface area (Å²) >= 11 is 0. The smallest absolute Gasteiger partial charge is 0.284 e. The number of hydrogen-bond acceptors (Lipinski definition) is 3. The van der Waals surface area contributed by atoms with Crippen molar-refractivity contribution in [3.63, 3.8) is 0 Å². The van der Waals surface area contributed by atoms with E-state index in [0.29, 0.717) is 0 Å². The maximum absolute atomic E-state index is 10.1. The van der Waals surface area contributed by atoms with Gasteiger partial charge in [-0.25, -0.2) is 0 Å². The highest BCUT2D eigenvalue weighted by molar-refractivity contribution is 7.85. The molecule has 49 valence electrons. The van der Waals surface area contributed by atoms with E-state index >= 15 is 0 Å². The lowest BCUT2D eigenvalue weighted by Gasteiger charge is -1.80. The van der Waals surface area contributed by atoms with Crippen molar-refractivity contribution >= 4 is 10.1 Å². The zero-order valence-electron chi connectivity index (χ0n) is 4.23. The van der Waals surface area contributed by atoms with Gasteiger partial charge in [0, 0.05) is 6.20 Å². The molecule has 0 aliphatic heterocycles. The van der Waals surface area contributed by atoms with E-state index in [9.17, 15) is 13.0 Å². The van der Waals surface area contributed by atoms with Crippen molar-refractivity contribution in [3.05, 3.63) is 12.3 Å². The molecular weight excluding hydrogens is 144 g/mol. The summed E-state index contributed by atoms with van der Waals surface area (Å²) in [6.07, 6.45) is 1.27. The molecule has 1 aromatic heterocycles. The Labute approximate surface area is 51.5 Å². The topological polar surface area (TPSA) is 82.7 Å². The number of nitrogens with one attached hydrogen (secondary N) is 1. The lowest BCUT2D eigenvalue weighted by Crippen LogP contribution is -1.95. The van der Waals surface area contributed by atoms with E-state index in [0.717, 1.165) is 6.07 Å². The lowest BCUT2D eigenvalue weighted by molar-refractivity contribution is 0.411. The van der Waals surface area contributed by atoms with Crippen molar-refractivity contribution in [2.75, 3.05) is 0 Å². The van der Waals surface area contributed by atoms with Crippen LogP contribution in [0.3, 0.4) is 0 Å². The summed E-state index contributed by atoms with van der Waals surface area (Å²) < 4.78 is 30.2. The third-order valence-corrected chi connectivity index (χ3v) is 1.47. The van der Waals surface area contributed by atoms with Gasteiger partial charge in [0.1, 0.15) is 0 Å². The van der Waals surface area contributed by atoms with Gasteiger partial charge in [-0.15, -0.1) is 0 Å². The highest BCUT2D eigenvalue weighted by atomic mass is 32.2.